The van der Waals surface area contributed by atoms with E-state index in [9.17, 15) is 14.3 Å². The largest absolute Gasteiger partial charge is 0.393 e. The first-order valence-electron chi connectivity index (χ1n) is 6.14. The van der Waals surface area contributed by atoms with Crippen LogP contribution in [-0.4, -0.2) is 23.7 Å². The van der Waals surface area contributed by atoms with Crippen LogP contribution in [0.1, 0.15) is 25.7 Å². The number of carbonyl (C=O) groups is 1. The van der Waals surface area contributed by atoms with Crippen molar-refractivity contribution in [3.63, 3.8) is 0 Å². The van der Waals surface area contributed by atoms with Gasteiger partial charge >= 0.3 is 0 Å². The molecule has 0 radical (unpaired) electrons. The van der Waals surface area contributed by atoms with Crippen molar-refractivity contribution >= 4 is 17.8 Å². The molecule has 98 valence electrons. The summed E-state index contributed by atoms with van der Waals surface area (Å²) < 4.78 is 13.6. The zero-order valence-electron chi connectivity index (χ0n) is 10.0. The lowest BCUT2D eigenvalue weighted by atomic mass is 9.93. The number of anilines is 2. The maximum absolute atomic E-state index is 13.6. The number of amides is 1. The second-order valence-electron chi connectivity index (χ2n) is 4.57. The van der Waals surface area contributed by atoms with E-state index in [0.29, 0.717) is 12.1 Å². The molecule has 0 spiro atoms. The molecule has 0 aromatic heterocycles. The molecule has 0 heterocycles. The van der Waals surface area contributed by atoms with Crippen molar-refractivity contribution in [1.29, 1.82) is 0 Å². The molecule has 5 heteroatoms. The monoisotopic (exact) mass is 252 g/mol. The summed E-state index contributed by atoms with van der Waals surface area (Å²) in [5.41, 5.74) is 0.766. The normalized spacial score (nSPS) is 23.4. The van der Waals surface area contributed by atoms with Crippen molar-refractivity contribution in [1.82, 2.24) is 0 Å². The number of aliphatic hydroxyl groups is 1. The fourth-order valence-corrected chi connectivity index (χ4v) is 2.29. The van der Waals surface area contributed by atoms with Gasteiger partial charge in [-0.3, -0.25) is 4.79 Å². The number of benzene rings is 1. The minimum absolute atomic E-state index is 0.179. The molecule has 1 aromatic carbocycles. The van der Waals surface area contributed by atoms with Crippen LogP contribution in [0.25, 0.3) is 0 Å². The summed E-state index contributed by atoms with van der Waals surface area (Å²) in [7, 11) is 0. The summed E-state index contributed by atoms with van der Waals surface area (Å²) in [5.74, 6) is -0.456. The van der Waals surface area contributed by atoms with Crippen LogP contribution < -0.4 is 10.6 Å². The van der Waals surface area contributed by atoms with Crippen molar-refractivity contribution in [3.8, 4) is 0 Å². The van der Waals surface area contributed by atoms with Gasteiger partial charge in [0.05, 0.1) is 11.8 Å². The summed E-state index contributed by atoms with van der Waals surface area (Å²) in [6.07, 6.45) is 3.44. The van der Waals surface area contributed by atoms with E-state index in [-0.39, 0.29) is 17.8 Å². The van der Waals surface area contributed by atoms with E-state index < -0.39 is 5.82 Å². The maximum Gasteiger partial charge on any atom is 0.211 e. The molecule has 0 bridgehead atoms. The van der Waals surface area contributed by atoms with Crippen LogP contribution in [0.4, 0.5) is 15.8 Å². The Kier molecular flexibility index (Phi) is 4.15. The molecule has 1 aliphatic rings. The standard InChI is InChI=1S/C13H17FN2O2/c14-11-2-1-3-12(13(11)15-8-17)16-9-4-6-10(18)7-5-9/h1-3,8-10,16,18H,4-7H2,(H,15,17). The molecule has 1 fully saturated rings. The Labute approximate surface area is 105 Å². The van der Waals surface area contributed by atoms with Crippen molar-refractivity contribution in [3.05, 3.63) is 24.0 Å². The topological polar surface area (TPSA) is 61.4 Å². The lowest BCUT2D eigenvalue weighted by Crippen LogP contribution is -2.28. The van der Waals surface area contributed by atoms with Gasteiger partial charge < -0.3 is 15.7 Å². The number of nitrogens with one attached hydrogen (secondary N) is 2. The number of rotatable bonds is 4. The summed E-state index contributed by atoms with van der Waals surface area (Å²) in [5, 5.41) is 15.0. The molecular formula is C13H17FN2O2. The molecule has 0 unspecified atom stereocenters. The molecule has 0 atom stereocenters. The number of hydrogen-bond acceptors (Lipinski definition) is 3. The zero-order valence-corrected chi connectivity index (χ0v) is 10.0. The van der Waals surface area contributed by atoms with Crippen molar-refractivity contribution in [2.75, 3.05) is 10.6 Å². The van der Waals surface area contributed by atoms with Gasteiger partial charge in [0.25, 0.3) is 0 Å². The number of halogens is 1. The average Bonchev–Trinajstić information content (AvgIpc) is 2.36. The lowest BCUT2D eigenvalue weighted by Gasteiger charge is -2.27. The third kappa shape index (κ3) is 2.98. The molecule has 0 saturated heterocycles. The van der Waals surface area contributed by atoms with Crippen LogP contribution in [0.3, 0.4) is 0 Å². The van der Waals surface area contributed by atoms with E-state index >= 15 is 0 Å². The van der Waals surface area contributed by atoms with E-state index in [1.54, 1.807) is 12.1 Å². The first-order chi connectivity index (χ1) is 8.70. The van der Waals surface area contributed by atoms with Crippen LogP contribution in [0.5, 0.6) is 0 Å². The SMILES string of the molecule is O=CNc1c(F)cccc1NC1CCC(O)CC1. The van der Waals surface area contributed by atoms with Gasteiger partial charge in [0.1, 0.15) is 11.5 Å². The average molecular weight is 252 g/mol. The van der Waals surface area contributed by atoms with Crippen molar-refractivity contribution < 1.29 is 14.3 Å². The van der Waals surface area contributed by atoms with Gasteiger partial charge in [0.2, 0.25) is 6.41 Å². The van der Waals surface area contributed by atoms with Crippen molar-refractivity contribution in [2.24, 2.45) is 0 Å². The Morgan fingerprint density at radius 3 is 2.67 bits per heavy atom. The first kappa shape index (κ1) is 12.8. The molecule has 0 aliphatic heterocycles. The third-order valence-electron chi connectivity index (χ3n) is 3.27. The Morgan fingerprint density at radius 2 is 2.00 bits per heavy atom. The van der Waals surface area contributed by atoms with Crippen LogP contribution in [0.15, 0.2) is 18.2 Å². The molecule has 1 aromatic rings. The molecule has 1 aliphatic carbocycles. The van der Waals surface area contributed by atoms with Crippen LogP contribution in [0.2, 0.25) is 0 Å². The highest BCUT2D eigenvalue weighted by molar-refractivity contribution is 5.81. The van der Waals surface area contributed by atoms with Gasteiger partial charge in [-0.05, 0) is 37.8 Å². The number of hydrogen-bond donors (Lipinski definition) is 3. The van der Waals surface area contributed by atoms with Gasteiger partial charge in [-0.25, -0.2) is 4.39 Å². The quantitative estimate of drug-likeness (QED) is 0.719. The van der Waals surface area contributed by atoms with Crippen molar-refractivity contribution in [2.45, 2.75) is 37.8 Å². The highest BCUT2D eigenvalue weighted by atomic mass is 19.1. The van der Waals surface area contributed by atoms with Gasteiger partial charge in [-0.15, -0.1) is 0 Å². The number of para-hydroxylation sites is 1. The zero-order chi connectivity index (χ0) is 13.0. The predicted octanol–water partition coefficient (Wildman–Crippen LogP) is 2.11. The Morgan fingerprint density at radius 1 is 1.28 bits per heavy atom. The smallest absolute Gasteiger partial charge is 0.211 e. The summed E-state index contributed by atoms with van der Waals surface area (Å²) in [4.78, 5) is 10.5. The maximum atomic E-state index is 13.6. The molecule has 1 saturated carbocycles. The third-order valence-corrected chi connectivity index (χ3v) is 3.27. The highest BCUT2D eigenvalue weighted by Crippen LogP contribution is 2.28. The highest BCUT2D eigenvalue weighted by Gasteiger charge is 2.20. The first-order valence-corrected chi connectivity index (χ1v) is 6.14. The Balaban J connectivity index is 2.08. The van der Waals surface area contributed by atoms with Crippen LogP contribution in [0, 0.1) is 5.82 Å². The van der Waals surface area contributed by atoms with E-state index in [1.165, 1.54) is 6.07 Å². The summed E-state index contributed by atoms with van der Waals surface area (Å²) in [6.45, 7) is 0. The molecule has 18 heavy (non-hydrogen) atoms. The van der Waals surface area contributed by atoms with Crippen LogP contribution in [-0.2, 0) is 4.79 Å². The summed E-state index contributed by atoms with van der Waals surface area (Å²) in [6, 6.07) is 4.86. The second-order valence-corrected chi connectivity index (χ2v) is 4.57. The Hall–Kier alpha value is -1.62. The van der Waals surface area contributed by atoms with Gasteiger partial charge in [-0.2, -0.15) is 0 Å². The minimum atomic E-state index is -0.456. The Bertz CT molecular complexity index is 417. The van der Waals surface area contributed by atoms with E-state index in [0.717, 1.165) is 25.7 Å². The molecule has 2 rings (SSSR count). The summed E-state index contributed by atoms with van der Waals surface area (Å²) >= 11 is 0. The fourth-order valence-electron chi connectivity index (χ4n) is 2.29. The van der Waals surface area contributed by atoms with E-state index in [2.05, 4.69) is 10.6 Å². The number of carbonyl (C=O) groups excluding carboxylic acids is 1. The molecule has 4 nitrogen and oxygen atoms in total. The predicted molar refractivity (Wildman–Crippen MR) is 68.0 cm³/mol. The molecule has 3 N–H and O–H groups in total. The van der Waals surface area contributed by atoms with E-state index in [1.807, 2.05) is 0 Å². The van der Waals surface area contributed by atoms with E-state index in [4.69, 9.17) is 0 Å². The van der Waals surface area contributed by atoms with Crippen LogP contribution >= 0.6 is 0 Å². The second kappa shape index (κ2) is 5.82. The lowest BCUT2D eigenvalue weighted by molar-refractivity contribution is -0.105. The molecular weight excluding hydrogens is 235 g/mol. The minimum Gasteiger partial charge on any atom is -0.393 e. The fraction of sp³-hybridized carbons (Fsp3) is 0.462. The van der Waals surface area contributed by atoms with Gasteiger partial charge in [0, 0.05) is 6.04 Å². The molecule has 1 amide bonds. The van der Waals surface area contributed by atoms with Gasteiger partial charge in [0.15, 0.2) is 0 Å². The van der Waals surface area contributed by atoms with Gasteiger partial charge in [-0.1, -0.05) is 6.07 Å². The number of aliphatic hydroxyl groups excluding tert-OH is 1.